The number of hydrogen-bond acceptors (Lipinski definition) is 5. The predicted octanol–water partition coefficient (Wildman–Crippen LogP) is 3.36. The standard InChI is InChI=1S/C14H12BrN5OS/c1-8-12(13(21)17-14-18-16-7-22-14)9(2)20(19-8)11-5-3-10(15)4-6-11/h3-7H,1-2H3,(H,17,18,21). The average Bonchev–Trinajstić information content (AvgIpc) is 3.08. The van der Waals surface area contributed by atoms with E-state index >= 15 is 0 Å². The number of carbonyl (C=O) groups excluding carboxylic acids is 1. The summed E-state index contributed by atoms with van der Waals surface area (Å²) in [5.41, 5.74) is 4.47. The third-order valence-corrected chi connectivity index (χ3v) is 4.31. The van der Waals surface area contributed by atoms with E-state index in [4.69, 9.17) is 0 Å². The molecule has 1 aromatic carbocycles. The Balaban J connectivity index is 1.96. The third kappa shape index (κ3) is 2.79. The van der Waals surface area contributed by atoms with Crippen LogP contribution in [0, 0.1) is 13.8 Å². The highest BCUT2D eigenvalue weighted by molar-refractivity contribution is 9.10. The van der Waals surface area contributed by atoms with Gasteiger partial charge in [-0.2, -0.15) is 5.10 Å². The van der Waals surface area contributed by atoms with Gasteiger partial charge in [0, 0.05) is 4.47 Å². The zero-order chi connectivity index (χ0) is 15.7. The van der Waals surface area contributed by atoms with Crippen LogP contribution in [0.1, 0.15) is 21.7 Å². The van der Waals surface area contributed by atoms with Gasteiger partial charge in [0.05, 0.1) is 22.6 Å². The molecule has 0 aliphatic heterocycles. The maximum atomic E-state index is 12.4. The van der Waals surface area contributed by atoms with E-state index in [9.17, 15) is 4.79 Å². The highest BCUT2D eigenvalue weighted by Crippen LogP contribution is 2.21. The number of nitrogens with one attached hydrogen (secondary N) is 1. The molecule has 2 aromatic heterocycles. The Labute approximate surface area is 139 Å². The summed E-state index contributed by atoms with van der Waals surface area (Å²) < 4.78 is 2.75. The second-order valence-electron chi connectivity index (χ2n) is 4.63. The van der Waals surface area contributed by atoms with Crippen LogP contribution in [0.15, 0.2) is 34.2 Å². The molecule has 0 bridgehead atoms. The van der Waals surface area contributed by atoms with Gasteiger partial charge in [0.25, 0.3) is 5.91 Å². The molecule has 0 aliphatic rings. The summed E-state index contributed by atoms with van der Waals surface area (Å²) in [5.74, 6) is -0.227. The fraction of sp³-hybridized carbons (Fsp3) is 0.143. The second kappa shape index (κ2) is 5.98. The number of benzene rings is 1. The van der Waals surface area contributed by atoms with Crippen LogP contribution in [-0.4, -0.2) is 25.9 Å². The van der Waals surface area contributed by atoms with Crippen molar-refractivity contribution in [3.8, 4) is 5.69 Å². The summed E-state index contributed by atoms with van der Waals surface area (Å²) in [7, 11) is 0. The van der Waals surface area contributed by atoms with Crippen molar-refractivity contribution in [1.82, 2.24) is 20.0 Å². The van der Waals surface area contributed by atoms with Crippen molar-refractivity contribution >= 4 is 38.3 Å². The maximum Gasteiger partial charge on any atom is 0.261 e. The van der Waals surface area contributed by atoms with E-state index < -0.39 is 0 Å². The lowest BCUT2D eigenvalue weighted by Crippen LogP contribution is -2.14. The molecule has 0 spiro atoms. The zero-order valence-corrected chi connectivity index (χ0v) is 14.3. The first-order valence-electron chi connectivity index (χ1n) is 6.46. The van der Waals surface area contributed by atoms with Gasteiger partial charge in [0.15, 0.2) is 0 Å². The third-order valence-electron chi connectivity index (χ3n) is 3.17. The van der Waals surface area contributed by atoms with Crippen molar-refractivity contribution in [3.63, 3.8) is 0 Å². The van der Waals surface area contributed by atoms with Crippen LogP contribution in [0.25, 0.3) is 5.69 Å². The van der Waals surface area contributed by atoms with Crippen LogP contribution >= 0.6 is 27.3 Å². The molecule has 8 heteroatoms. The van der Waals surface area contributed by atoms with Crippen molar-refractivity contribution in [2.24, 2.45) is 0 Å². The van der Waals surface area contributed by atoms with Gasteiger partial charge in [0.2, 0.25) is 5.13 Å². The molecule has 112 valence electrons. The smallest absolute Gasteiger partial charge is 0.261 e. The summed E-state index contributed by atoms with van der Waals surface area (Å²) in [6.07, 6.45) is 0. The van der Waals surface area contributed by atoms with E-state index in [1.165, 1.54) is 11.3 Å². The Kier molecular flexibility index (Phi) is 4.04. The van der Waals surface area contributed by atoms with Crippen LogP contribution < -0.4 is 5.32 Å². The number of hydrogen-bond donors (Lipinski definition) is 1. The largest absolute Gasteiger partial charge is 0.296 e. The highest BCUT2D eigenvalue weighted by atomic mass is 79.9. The molecule has 3 aromatic rings. The summed E-state index contributed by atoms with van der Waals surface area (Å²) in [6.45, 7) is 3.69. The van der Waals surface area contributed by atoms with Crippen LogP contribution in [-0.2, 0) is 0 Å². The van der Waals surface area contributed by atoms with Gasteiger partial charge in [-0.1, -0.05) is 27.3 Å². The first kappa shape index (κ1) is 14.9. The summed E-state index contributed by atoms with van der Waals surface area (Å²) in [6, 6.07) is 7.76. The van der Waals surface area contributed by atoms with Crippen molar-refractivity contribution in [2.75, 3.05) is 5.32 Å². The summed E-state index contributed by atoms with van der Waals surface area (Å²) in [4.78, 5) is 12.4. The number of aryl methyl sites for hydroxylation is 1. The van der Waals surface area contributed by atoms with Crippen LogP contribution in [0.4, 0.5) is 5.13 Å². The van der Waals surface area contributed by atoms with E-state index in [0.29, 0.717) is 16.4 Å². The molecule has 0 saturated carbocycles. The topological polar surface area (TPSA) is 72.7 Å². The number of rotatable bonds is 3. The van der Waals surface area contributed by atoms with Gasteiger partial charge in [-0.3, -0.25) is 10.1 Å². The van der Waals surface area contributed by atoms with Crippen molar-refractivity contribution < 1.29 is 4.79 Å². The lowest BCUT2D eigenvalue weighted by atomic mass is 10.2. The van der Waals surface area contributed by atoms with Gasteiger partial charge in [-0.15, -0.1) is 10.2 Å². The van der Waals surface area contributed by atoms with E-state index in [1.54, 1.807) is 10.2 Å². The Morgan fingerprint density at radius 1 is 1.27 bits per heavy atom. The number of halogens is 1. The molecule has 0 atom stereocenters. The van der Waals surface area contributed by atoms with E-state index in [-0.39, 0.29) is 5.91 Å². The monoisotopic (exact) mass is 377 g/mol. The molecule has 1 amide bonds. The number of amides is 1. The minimum absolute atomic E-state index is 0.227. The zero-order valence-electron chi connectivity index (χ0n) is 11.9. The number of carbonyl (C=O) groups is 1. The van der Waals surface area contributed by atoms with E-state index in [1.807, 2.05) is 38.1 Å². The second-order valence-corrected chi connectivity index (χ2v) is 6.38. The molecule has 0 aliphatic carbocycles. The Bertz CT molecular complexity index is 811. The molecule has 2 heterocycles. The molecule has 3 rings (SSSR count). The van der Waals surface area contributed by atoms with Crippen molar-refractivity contribution in [3.05, 3.63) is 51.2 Å². The number of aromatic nitrogens is 4. The highest BCUT2D eigenvalue weighted by Gasteiger charge is 2.20. The normalized spacial score (nSPS) is 10.7. The van der Waals surface area contributed by atoms with Gasteiger partial charge >= 0.3 is 0 Å². The number of nitrogens with zero attached hydrogens (tertiary/aromatic N) is 4. The molecule has 0 saturated heterocycles. The van der Waals surface area contributed by atoms with E-state index in [0.717, 1.165) is 15.9 Å². The maximum absolute atomic E-state index is 12.4. The molecule has 6 nitrogen and oxygen atoms in total. The average molecular weight is 378 g/mol. The van der Waals surface area contributed by atoms with Crippen LogP contribution in [0.2, 0.25) is 0 Å². The first-order chi connectivity index (χ1) is 10.6. The van der Waals surface area contributed by atoms with Gasteiger partial charge in [-0.25, -0.2) is 4.68 Å². The molecule has 22 heavy (non-hydrogen) atoms. The first-order valence-corrected chi connectivity index (χ1v) is 8.13. The van der Waals surface area contributed by atoms with E-state index in [2.05, 4.69) is 36.5 Å². The van der Waals surface area contributed by atoms with Crippen LogP contribution in [0.5, 0.6) is 0 Å². The number of anilines is 1. The Morgan fingerprint density at radius 3 is 2.64 bits per heavy atom. The molecule has 1 N–H and O–H groups in total. The molecular weight excluding hydrogens is 366 g/mol. The van der Waals surface area contributed by atoms with Crippen LogP contribution in [0.3, 0.4) is 0 Å². The summed E-state index contributed by atoms with van der Waals surface area (Å²) >= 11 is 4.68. The lowest BCUT2D eigenvalue weighted by molar-refractivity contribution is 0.102. The predicted molar refractivity (Wildman–Crippen MR) is 88.6 cm³/mol. The molecule has 0 unspecified atom stereocenters. The Hall–Kier alpha value is -2.06. The van der Waals surface area contributed by atoms with Crippen molar-refractivity contribution in [2.45, 2.75) is 13.8 Å². The molecule has 0 radical (unpaired) electrons. The lowest BCUT2D eigenvalue weighted by Gasteiger charge is -2.05. The van der Waals surface area contributed by atoms with Crippen molar-refractivity contribution in [1.29, 1.82) is 0 Å². The SMILES string of the molecule is Cc1nn(-c2ccc(Br)cc2)c(C)c1C(=O)Nc1nncs1. The summed E-state index contributed by atoms with van der Waals surface area (Å²) in [5, 5.41) is 15.2. The minimum atomic E-state index is -0.227. The van der Waals surface area contributed by atoms with Gasteiger partial charge < -0.3 is 0 Å². The fourth-order valence-corrected chi connectivity index (χ4v) is 2.90. The quantitative estimate of drug-likeness (QED) is 0.759. The van der Waals surface area contributed by atoms with Gasteiger partial charge in [0.1, 0.15) is 5.51 Å². The minimum Gasteiger partial charge on any atom is -0.296 e. The van der Waals surface area contributed by atoms with Gasteiger partial charge in [-0.05, 0) is 38.1 Å². The fourth-order valence-electron chi connectivity index (χ4n) is 2.19. The Morgan fingerprint density at radius 2 is 2.00 bits per heavy atom. The molecular formula is C14H12BrN5OS. The molecule has 0 fully saturated rings.